The Balaban J connectivity index is 1.67. The average molecular weight is 227 g/mol. The molecule has 2 aliphatic rings. The minimum atomic E-state index is 0.519. The Morgan fingerprint density at radius 1 is 1.33 bits per heavy atom. The maximum Gasteiger partial charge on any atom is 0.0209 e. The summed E-state index contributed by atoms with van der Waals surface area (Å²) in [4.78, 5) is 0. The Morgan fingerprint density at radius 2 is 2.13 bits per heavy atom. The van der Waals surface area contributed by atoms with Gasteiger partial charge < -0.3 is 5.32 Å². The molecule has 2 heteroatoms. The van der Waals surface area contributed by atoms with Crippen LogP contribution >= 0.6 is 11.8 Å². The first-order chi connectivity index (χ1) is 7.18. The second-order valence-corrected chi connectivity index (χ2v) is 7.06. The summed E-state index contributed by atoms with van der Waals surface area (Å²) in [5, 5.41) is 3.79. The second-order valence-electron chi connectivity index (χ2n) is 5.91. The summed E-state index contributed by atoms with van der Waals surface area (Å²) in [5.74, 6) is 3.72. The van der Waals surface area contributed by atoms with Gasteiger partial charge in [0.2, 0.25) is 0 Å². The van der Waals surface area contributed by atoms with Crippen LogP contribution in [0.4, 0.5) is 0 Å². The SMILES string of the molecule is CC1(C)CCSCC1NCCC1CCC1. The lowest BCUT2D eigenvalue weighted by molar-refractivity contribution is 0.229. The van der Waals surface area contributed by atoms with Crippen LogP contribution in [-0.4, -0.2) is 24.1 Å². The molecule has 1 aliphatic heterocycles. The lowest BCUT2D eigenvalue weighted by atomic mass is 9.81. The molecule has 88 valence electrons. The van der Waals surface area contributed by atoms with Crippen molar-refractivity contribution >= 4 is 11.8 Å². The van der Waals surface area contributed by atoms with Crippen LogP contribution in [0, 0.1) is 11.3 Å². The molecule has 0 aromatic carbocycles. The maximum absolute atomic E-state index is 3.79. The molecule has 1 N–H and O–H groups in total. The smallest absolute Gasteiger partial charge is 0.0209 e. The molecule has 2 fully saturated rings. The predicted molar refractivity (Wildman–Crippen MR) is 69.5 cm³/mol. The normalized spacial score (nSPS) is 31.2. The van der Waals surface area contributed by atoms with Crippen molar-refractivity contribution < 1.29 is 0 Å². The fourth-order valence-corrected chi connectivity index (χ4v) is 4.16. The summed E-state index contributed by atoms with van der Waals surface area (Å²) in [5.41, 5.74) is 0.519. The molecule has 1 nitrogen and oxygen atoms in total. The van der Waals surface area contributed by atoms with Gasteiger partial charge in [-0.15, -0.1) is 0 Å². The summed E-state index contributed by atoms with van der Waals surface area (Å²) >= 11 is 2.12. The molecule has 1 atom stereocenters. The third-order valence-electron chi connectivity index (χ3n) is 4.29. The molecule has 0 amide bonds. The molecule has 1 saturated carbocycles. The fraction of sp³-hybridized carbons (Fsp3) is 1.00. The van der Waals surface area contributed by atoms with E-state index >= 15 is 0 Å². The van der Waals surface area contributed by atoms with Gasteiger partial charge in [0.05, 0.1) is 0 Å². The number of rotatable bonds is 4. The van der Waals surface area contributed by atoms with Crippen LogP contribution in [0.2, 0.25) is 0 Å². The van der Waals surface area contributed by atoms with Crippen molar-refractivity contribution in [3.05, 3.63) is 0 Å². The number of hydrogen-bond acceptors (Lipinski definition) is 2. The van der Waals surface area contributed by atoms with E-state index in [9.17, 15) is 0 Å². The van der Waals surface area contributed by atoms with E-state index in [1.54, 1.807) is 0 Å². The molecule has 1 aliphatic carbocycles. The van der Waals surface area contributed by atoms with Crippen LogP contribution in [0.5, 0.6) is 0 Å². The topological polar surface area (TPSA) is 12.0 Å². The van der Waals surface area contributed by atoms with Gasteiger partial charge in [0, 0.05) is 11.8 Å². The number of nitrogens with one attached hydrogen (secondary N) is 1. The first-order valence-corrected chi connectivity index (χ1v) is 7.65. The summed E-state index contributed by atoms with van der Waals surface area (Å²) in [6, 6.07) is 0.747. The molecule has 1 saturated heterocycles. The van der Waals surface area contributed by atoms with E-state index in [4.69, 9.17) is 0 Å². The molecule has 0 radical (unpaired) electrons. The Hall–Kier alpha value is 0.310. The van der Waals surface area contributed by atoms with Crippen molar-refractivity contribution in [3.8, 4) is 0 Å². The highest BCUT2D eigenvalue weighted by molar-refractivity contribution is 7.99. The second kappa shape index (κ2) is 5.09. The maximum atomic E-state index is 3.79. The number of hydrogen-bond donors (Lipinski definition) is 1. The Morgan fingerprint density at radius 3 is 2.73 bits per heavy atom. The van der Waals surface area contributed by atoms with Crippen LogP contribution in [0.3, 0.4) is 0 Å². The third-order valence-corrected chi connectivity index (χ3v) is 5.35. The standard InChI is InChI=1S/C13H25NS/c1-13(2)7-9-15-10-12(13)14-8-6-11-4-3-5-11/h11-12,14H,3-10H2,1-2H3. The van der Waals surface area contributed by atoms with E-state index in [1.807, 2.05) is 0 Å². The zero-order valence-corrected chi connectivity index (χ0v) is 11.0. The third kappa shape index (κ3) is 3.13. The largest absolute Gasteiger partial charge is 0.313 e. The van der Waals surface area contributed by atoms with Gasteiger partial charge in [0.25, 0.3) is 0 Å². The first-order valence-electron chi connectivity index (χ1n) is 6.49. The fourth-order valence-electron chi connectivity index (χ4n) is 2.51. The van der Waals surface area contributed by atoms with Crippen molar-refractivity contribution in [2.24, 2.45) is 11.3 Å². The van der Waals surface area contributed by atoms with Gasteiger partial charge in [-0.2, -0.15) is 11.8 Å². The summed E-state index contributed by atoms with van der Waals surface area (Å²) in [7, 11) is 0. The van der Waals surface area contributed by atoms with Crippen molar-refractivity contribution in [2.45, 2.75) is 52.0 Å². The molecule has 1 heterocycles. The van der Waals surface area contributed by atoms with Crippen LogP contribution in [0.25, 0.3) is 0 Å². The van der Waals surface area contributed by atoms with Gasteiger partial charge in [-0.1, -0.05) is 33.1 Å². The zero-order chi connectivity index (χ0) is 10.7. The molecule has 0 aromatic heterocycles. The van der Waals surface area contributed by atoms with E-state index in [0.29, 0.717) is 5.41 Å². The Bertz CT molecular complexity index is 199. The van der Waals surface area contributed by atoms with E-state index < -0.39 is 0 Å². The molecule has 1 unspecified atom stereocenters. The van der Waals surface area contributed by atoms with Gasteiger partial charge in [-0.05, 0) is 36.5 Å². The molecule has 0 aromatic rings. The lowest BCUT2D eigenvalue weighted by Gasteiger charge is -2.39. The van der Waals surface area contributed by atoms with Crippen molar-refractivity contribution in [3.63, 3.8) is 0 Å². The molecular formula is C13H25NS. The van der Waals surface area contributed by atoms with Crippen molar-refractivity contribution in [2.75, 3.05) is 18.1 Å². The lowest BCUT2D eigenvalue weighted by Crippen LogP contribution is -2.47. The van der Waals surface area contributed by atoms with Crippen LogP contribution in [0.15, 0.2) is 0 Å². The average Bonchev–Trinajstić information content (AvgIpc) is 2.11. The number of thioether (sulfide) groups is 1. The molecular weight excluding hydrogens is 202 g/mol. The molecule has 15 heavy (non-hydrogen) atoms. The van der Waals surface area contributed by atoms with Gasteiger partial charge in [0.1, 0.15) is 0 Å². The van der Waals surface area contributed by atoms with Crippen molar-refractivity contribution in [1.82, 2.24) is 5.32 Å². The van der Waals surface area contributed by atoms with Gasteiger partial charge in [-0.3, -0.25) is 0 Å². The van der Waals surface area contributed by atoms with Gasteiger partial charge in [0.15, 0.2) is 0 Å². The monoisotopic (exact) mass is 227 g/mol. The minimum Gasteiger partial charge on any atom is -0.313 e. The highest BCUT2D eigenvalue weighted by Gasteiger charge is 2.32. The van der Waals surface area contributed by atoms with E-state index in [1.165, 1.54) is 50.2 Å². The highest BCUT2D eigenvalue weighted by Crippen LogP contribution is 2.34. The molecule has 2 rings (SSSR count). The zero-order valence-electron chi connectivity index (χ0n) is 10.2. The summed E-state index contributed by atoms with van der Waals surface area (Å²) in [6.07, 6.45) is 7.25. The van der Waals surface area contributed by atoms with E-state index in [0.717, 1.165) is 12.0 Å². The van der Waals surface area contributed by atoms with Crippen LogP contribution < -0.4 is 5.32 Å². The minimum absolute atomic E-state index is 0.519. The molecule has 0 spiro atoms. The van der Waals surface area contributed by atoms with E-state index in [2.05, 4.69) is 30.9 Å². The predicted octanol–water partition coefficient (Wildman–Crippen LogP) is 3.30. The van der Waals surface area contributed by atoms with Crippen molar-refractivity contribution in [1.29, 1.82) is 0 Å². The van der Waals surface area contributed by atoms with Gasteiger partial charge >= 0.3 is 0 Å². The van der Waals surface area contributed by atoms with Crippen LogP contribution in [-0.2, 0) is 0 Å². The van der Waals surface area contributed by atoms with E-state index in [-0.39, 0.29) is 0 Å². The van der Waals surface area contributed by atoms with Crippen LogP contribution in [0.1, 0.15) is 46.0 Å². The Labute approximate surface area is 98.8 Å². The van der Waals surface area contributed by atoms with Gasteiger partial charge in [-0.25, -0.2) is 0 Å². The quantitative estimate of drug-likeness (QED) is 0.791. The summed E-state index contributed by atoms with van der Waals surface area (Å²) in [6.45, 7) is 6.10. The summed E-state index contributed by atoms with van der Waals surface area (Å²) < 4.78 is 0. The Kier molecular flexibility index (Phi) is 4.00. The first kappa shape index (κ1) is 11.8. The highest BCUT2D eigenvalue weighted by atomic mass is 32.2. The molecule has 0 bridgehead atoms.